The smallest absolute Gasteiger partial charge is 0.228 e. The Kier molecular flexibility index (Phi) is 4.63. The number of piperidine rings is 1. The number of pyridine rings is 2. The van der Waals surface area contributed by atoms with Crippen LogP contribution < -0.4 is 11.1 Å². The standard InChI is InChI=1S/C19H22ClN5O2/c1-10(26)25-4-2-11(3-5-25)13-8-14(13)19(27)24-17-7-12-6-16(20)23-18(21)15(12)9-22-17/h6-7,9,11,13-14H,2-5,8H2,1H3,(H2,21,23)(H,22,24,27)/t13?,14-/m0/s1. The third kappa shape index (κ3) is 3.69. The van der Waals surface area contributed by atoms with Gasteiger partial charge in [0.2, 0.25) is 11.8 Å². The predicted octanol–water partition coefficient (Wildman–Crippen LogP) is 2.70. The maximum atomic E-state index is 12.6. The Morgan fingerprint density at radius 3 is 2.74 bits per heavy atom. The number of hydrogen-bond acceptors (Lipinski definition) is 5. The summed E-state index contributed by atoms with van der Waals surface area (Å²) >= 11 is 5.95. The average molecular weight is 388 g/mol. The largest absolute Gasteiger partial charge is 0.383 e. The quantitative estimate of drug-likeness (QED) is 0.788. The first kappa shape index (κ1) is 18.0. The molecule has 0 bridgehead atoms. The van der Waals surface area contributed by atoms with Crippen LogP contribution in [0.5, 0.6) is 0 Å². The van der Waals surface area contributed by atoms with Gasteiger partial charge in [0.05, 0.1) is 0 Å². The van der Waals surface area contributed by atoms with Gasteiger partial charge < -0.3 is 16.0 Å². The molecule has 0 radical (unpaired) electrons. The van der Waals surface area contributed by atoms with Gasteiger partial charge in [0, 0.05) is 37.5 Å². The summed E-state index contributed by atoms with van der Waals surface area (Å²) in [7, 11) is 0. The number of hydrogen-bond donors (Lipinski definition) is 2. The number of anilines is 2. The number of carbonyl (C=O) groups is 2. The van der Waals surface area contributed by atoms with E-state index in [2.05, 4.69) is 15.3 Å². The monoisotopic (exact) mass is 387 g/mol. The van der Waals surface area contributed by atoms with Crippen molar-refractivity contribution in [2.75, 3.05) is 24.1 Å². The number of halogens is 1. The van der Waals surface area contributed by atoms with Gasteiger partial charge in [0.25, 0.3) is 0 Å². The highest BCUT2D eigenvalue weighted by molar-refractivity contribution is 6.30. The van der Waals surface area contributed by atoms with Gasteiger partial charge in [-0.05, 0) is 48.6 Å². The molecule has 2 aliphatic rings. The Balaban J connectivity index is 1.38. The molecule has 3 heterocycles. The summed E-state index contributed by atoms with van der Waals surface area (Å²) in [6, 6.07) is 3.47. The summed E-state index contributed by atoms with van der Waals surface area (Å²) in [5.41, 5.74) is 5.85. The minimum absolute atomic E-state index is 0.00831. The lowest BCUT2D eigenvalue weighted by molar-refractivity contribution is -0.130. The molecule has 8 heteroatoms. The summed E-state index contributed by atoms with van der Waals surface area (Å²) in [6.07, 6.45) is 4.47. The lowest BCUT2D eigenvalue weighted by Gasteiger charge is -2.31. The van der Waals surface area contributed by atoms with Crippen LogP contribution in [0.1, 0.15) is 26.2 Å². The maximum Gasteiger partial charge on any atom is 0.228 e. The van der Waals surface area contributed by atoms with E-state index in [0.29, 0.717) is 34.0 Å². The zero-order chi connectivity index (χ0) is 19.1. The normalized spacial score (nSPS) is 22.7. The molecule has 1 saturated carbocycles. The van der Waals surface area contributed by atoms with Gasteiger partial charge in [-0.1, -0.05) is 11.6 Å². The minimum atomic E-state index is 0.00831. The molecular formula is C19H22ClN5O2. The molecule has 2 fully saturated rings. The van der Waals surface area contributed by atoms with Crippen molar-refractivity contribution in [3.05, 3.63) is 23.5 Å². The molecule has 0 aromatic carbocycles. The number of amides is 2. The summed E-state index contributed by atoms with van der Waals surface area (Å²) in [4.78, 5) is 34.2. The predicted molar refractivity (Wildman–Crippen MR) is 104 cm³/mol. The van der Waals surface area contributed by atoms with Gasteiger partial charge >= 0.3 is 0 Å². The van der Waals surface area contributed by atoms with Crippen LogP contribution in [0.4, 0.5) is 11.6 Å². The van der Waals surface area contributed by atoms with Gasteiger partial charge in [-0.15, -0.1) is 0 Å². The molecule has 7 nitrogen and oxygen atoms in total. The van der Waals surface area contributed by atoms with Gasteiger partial charge in [-0.3, -0.25) is 9.59 Å². The van der Waals surface area contributed by atoms with Crippen LogP contribution in [-0.4, -0.2) is 39.8 Å². The van der Waals surface area contributed by atoms with Crippen molar-refractivity contribution >= 4 is 45.8 Å². The van der Waals surface area contributed by atoms with E-state index in [1.807, 2.05) is 4.90 Å². The van der Waals surface area contributed by atoms with E-state index in [9.17, 15) is 9.59 Å². The number of likely N-dealkylation sites (tertiary alicyclic amines) is 1. The molecule has 3 N–H and O–H groups in total. The second kappa shape index (κ2) is 6.96. The van der Waals surface area contributed by atoms with Gasteiger partial charge in [-0.2, -0.15) is 0 Å². The maximum absolute atomic E-state index is 12.6. The summed E-state index contributed by atoms with van der Waals surface area (Å²) in [5.74, 6) is 1.92. The number of nitrogens with two attached hydrogens (primary N) is 1. The minimum Gasteiger partial charge on any atom is -0.383 e. The topological polar surface area (TPSA) is 101 Å². The molecule has 142 valence electrons. The number of rotatable bonds is 3. The van der Waals surface area contributed by atoms with Crippen LogP contribution in [0.25, 0.3) is 10.8 Å². The zero-order valence-electron chi connectivity index (χ0n) is 15.1. The summed E-state index contributed by atoms with van der Waals surface area (Å²) < 4.78 is 0. The van der Waals surface area contributed by atoms with Gasteiger partial charge in [0.1, 0.15) is 16.8 Å². The molecule has 1 saturated heterocycles. The van der Waals surface area contributed by atoms with Crippen molar-refractivity contribution in [3.8, 4) is 0 Å². The van der Waals surface area contributed by atoms with Crippen molar-refractivity contribution in [1.29, 1.82) is 0 Å². The van der Waals surface area contributed by atoms with Crippen molar-refractivity contribution < 1.29 is 9.59 Å². The number of nitrogens with one attached hydrogen (secondary N) is 1. The van der Waals surface area contributed by atoms with E-state index in [0.717, 1.165) is 37.7 Å². The molecule has 0 spiro atoms. The molecule has 2 atom stereocenters. The Labute approximate surface area is 162 Å². The number of carbonyl (C=O) groups excluding carboxylic acids is 2. The molecule has 1 unspecified atom stereocenters. The second-order valence-corrected chi connectivity index (χ2v) is 7.85. The van der Waals surface area contributed by atoms with Crippen molar-refractivity contribution in [3.63, 3.8) is 0 Å². The van der Waals surface area contributed by atoms with Crippen LogP contribution in [-0.2, 0) is 9.59 Å². The number of fused-ring (bicyclic) bond motifs is 1. The highest BCUT2D eigenvalue weighted by atomic mass is 35.5. The molecule has 2 amide bonds. The fourth-order valence-corrected chi connectivity index (χ4v) is 4.32. The summed E-state index contributed by atoms with van der Waals surface area (Å²) in [5, 5.41) is 4.72. The first-order valence-corrected chi connectivity index (χ1v) is 9.58. The van der Waals surface area contributed by atoms with E-state index >= 15 is 0 Å². The first-order chi connectivity index (χ1) is 12.9. The molecule has 27 heavy (non-hydrogen) atoms. The van der Waals surface area contributed by atoms with E-state index in [1.54, 1.807) is 25.3 Å². The van der Waals surface area contributed by atoms with Crippen molar-refractivity contribution in [1.82, 2.24) is 14.9 Å². The van der Waals surface area contributed by atoms with Crippen LogP contribution >= 0.6 is 11.6 Å². The number of nitrogen functional groups attached to an aromatic ring is 1. The van der Waals surface area contributed by atoms with Crippen LogP contribution in [0.3, 0.4) is 0 Å². The Hall–Kier alpha value is -2.41. The second-order valence-electron chi connectivity index (χ2n) is 7.46. The van der Waals surface area contributed by atoms with Crippen molar-refractivity contribution in [2.45, 2.75) is 26.2 Å². The van der Waals surface area contributed by atoms with Crippen LogP contribution in [0.15, 0.2) is 18.3 Å². The third-order valence-corrected chi connectivity index (χ3v) is 5.93. The van der Waals surface area contributed by atoms with Crippen LogP contribution in [0.2, 0.25) is 5.15 Å². The Bertz CT molecular complexity index is 910. The Morgan fingerprint density at radius 1 is 1.30 bits per heavy atom. The molecule has 1 aliphatic heterocycles. The van der Waals surface area contributed by atoms with Gasteiger partial charge in [0.15, 0.2) is 0 Å². The average Bonchev–Trinajstić information content (AvgIpc) is 3.42. The van der Waals surface area contributed by atoms with Gasteiger partial charge in [-0.25, -0.2) is 9.97 Å². The molecule has 2 aromatic heterocycles. The number of aromatic nitrogens is 2. The molecule has 1 aliphatic carbocycles. The fraction of sp³-hybridized carbons (Fsp3) is 0.474. The van der Waals surface area contributed by atoms with E-state index in [-0.39, 0.29) is 17.7 Å². The zero-order valence-corrected chi connectivity index (χ0v) is 15.9. The fourth-order valence-electron chi connectivity index (χ4n) is 4.11. The van der Waals surface area contributed by atoms with E-state index < -0.39 is 0 Å². The van der Waals surface area contributed by atoms with E-state index in [1.165, 1.54) is 0 Å². The van der Waals surface area contributed by atoms with Crippen molar-refractivity contribution in [2.24, 2.45) is 17.8 Å². The highest BCUT2D eigenvalue weighted by Crippen LogP contribution is 2.48. The summed E-state index contributed by atoms with van der Waals surface area (Å²) in [6.45, 7) is 3.21. The lowest BCUT2D eigenvalue weighted by atomic mass is 9.91. The third-order valence-electron chi connectivity index (χ3n) is 5.73. The number of nitrogens with zero attached hydrogens (tertiary/aromatic N) is 3. The molecule has 2 aromatic rings. The Morgan fingerprint density at radius 2 is 2.04 bits per heavy atom. The SMILES string of the molecule is CC(=O)N1CCC(C2C[C@@H]2C(=O)Nc2cc3cc(Cl)nc(N)c3cn2)CC1. The van der Waals surface area contributed by atoms with Crippen LogP contribution in [0, 0.1) is 17.8 Å². The highest BCUT2D eigenvalue weighted by Gasteiger charge is 2.48. The molecular weight excluding hydrogens is 366 g/mol. The molecule has 4 rings (SSSR count). The lowest BCUT2D eigenvalue weighted by Crippen LogP contribution is -2.37. The first-order valence-electron chi connectivity index (χ1n) is 9.20. The van der Waals surface area contributed by atoms with E-state index in [4.69, 9.17) is 17.3 Å².